The van der Waals surface area contributed by atoms with Crippen molar-refractivity contribution < 1.29 is 9.90 Å². The minimum absolute atomic E-state index is 0.0158. The van der Waals surface area contributed by atoms with Gasteiger partial charge in [0, 0.05) is 6.54 Å². The Kier molecular flexibility index (Phi) is 3.75. The molecule has 0 aliphatic heterocycles. The SMILES string of the molecule is C#CCN(CC)C(=O)c1ccccc1O. The fourth-order valence-electron chi connectivity index (χ4n) is 1.26. The number of hydrogen-bond acceptors (Lipinski definition) is 2. The van der Waals surface area contributed by atoms with Crippen molar-refractivity contribution in [3.05, 3.63) is 29.8 Å². The topological polar surface area (TPSA) is 40.5 Å². The van der Waals surface area contributed by atoms with Gasteiger partial charge in [-0.2, -0.15) is 0 Å². The van der Waals surface area contributed by atoms with Crippen LogP contribution in [0.5, 0.6) is 5.75 Å². The third-order valence-corrected chi connectivity index (χ3v) is 2.09. The molecule has 1 rings (SSSR count). The van der Waals surface area contributed by atoms with E-state index < -0.39 is 0 Å². The van der Waals surface area contributed by atoms with Crippen LogP contribution in [0.3, 0.4) is 0 Å². The molecule has 1 aromatic rings. The largest absolute Gasteiger partial charge is 0.507 e. The summed E-state index contributed by atoms with van der Waals surface area (Å²) in [5.41, 5.74) is 0.287. The van der Waals surface area contributed by atoms with Gasteiger partial charge in [0.05, 0.1) is 12.1 Å². The zero-order valence-corrected chi connectivity index (χ0v) is 8.60. The molecule has 3 nitrogen and oxygen atoms in total. The van der Waals surface area contributed by atoms with Gasteiger partial charge in [-0.25, -0.2) is 0 Å². The van der Waals surface area contributed by atoms with E-state index in [1.165, 1.54) is 11.0 Å². The Bertz CT molecular complexity index is 393. The molecule has 0 radical (unpaired) electrons. The van der Waals surface area contributed by atoms with Gasteiger partial charge in [0.15, 0.2) is 0 Å². The number of rotatable bonds is 3. The average Bonchev–Trinajstić information content (AvgIpc) is 2.25. The van der Waals surface area contributed by atoms with Crippen LogP contribution in [0.1, 0.15) is 17.3 Å². The molecule has 0 aliphatic carbocycles. The molecule has 0 aromatic heterocycles. The highest BCUT2D eigenvalue weighted by molar-refractivity contribution is 5.96. The standard InChI is InChI=1S/C12H13NO2/c1-3-9-13(4-2)12(15)10-7-5-6-8-11(10)14/h1,5-8,14H,4,9H2,2H3. The molecule has 0 atom stereocenters. The van der Waals surface area contributed by atoms with Crippen molar-refractivity contribution in [1.29, 1.82) is 0 Å². The first-order chi connectivity index (χ1) is 7.20. The molecule has 0 saturated heterocycles. The number of terminal acetylenes is 1. The molecule has 0 heterocycles. The second-order valence-electron chi connectivity index (χ2n) is 3.04. The third kappa shape index (κ3) is 2.50. The maximum atomic E-state index is 11.9. The van der Waals surface area contributed by atoms with E-state index in [0.717, 1.165) is 0 Å². The maximum absolute atomic E-state index is 11.9. The van der Waals surface area contributed by atoms with Crippen LogP contribution in [0.15, 0.2) is 24.3 Å². The van der Waals surface area contributed by atoms with E-state index in [4.69, 9.17) is 6.42 Å². The van der Waals surface area contributed by atoms with Crippen LogP contribution >= 0.6 is 0 Å². The number of para-hydroxylation sites is 1. The van der Waals surface area contributed by atoms with E-state index in [1.807, 2.05) is 6.92 Å². The quantitative estimate of drug-likeness (QED) is 0.756. The summed E-state index contributed by atoms with van der Waals surface area (Å²) in [4.78, 5) is 13.4. The van der Waals surface area contributed by atoms with Crippen LogP contribution < -0.4 is 0 Å². The molecule has 0 spiro atoms. The number of phenolic OH excluding ortho intramolecular Hbond substituents is 1. The number of benzene rings is 1. The van der Waals surface area contributed by atoms with E-state index in [-0.39, 0.29) is 23.8 Å². The van der Waals surface area contributed by atoms with Gasteiger partial charge in [0.2, 0.25) is 0 Å². The molecule has 3 heteroatoms. The van der Waals surface area contributed by atoms with Crippen molar-refractivity contribution in [2.75, 3.05) is 13.1 Å². The summed E-state index contributed by atoms with van der Waals surface area (Å²) >= 11 is 0. The van der Waals surface area contributed by atoms with Gasteiger partial charge in [-0.15, -0.1) is 6.42 Å². The molecule has 0 aliphatic rings. The smallest absolute Gasteiger partial charge is 0.258 e. The summed E-state index contributed by atoms with van der Waals surface area (Å²) in [6.07, 6.45) is 5.15. The molecule has 0 unspecified atom stereocenters. The fourth-order valence-corrected chi connectivity index (χ4v) is 1.26. The van der Waals surface area contributed by atoms with Gasteiger partial charge in [0.25, 0.3) is 5.91 Å². The number of carbonyl (C=O) groups excluding carboxylic acids is 1. The summed E-state index contributed by atoms with van der Waals surface area (Å²) in [7, 11) is 0. The summed E-state index contributed by atoms with van der Waals surface area (Å²) in [6, 6.07) is 6.44. The lowest BCUT2D eigenvalue weighted by molar-refractivity contribution is 0.0782. The summed E-state index contributed by atoms with van der Waals surface area (Å²) in [6.45, 7) is 2.62. The van der Waals surface area contributed by atoms with Crippen LogP contribution in [0.4, 0.5) is 0 Å². The first-order valence-corrected chi connectivity index (χ1v) is 4.71. The van der Waals surface area contributed by atoms with E-state index >= 15 is 0 Å². The summed E-state index contributed by atoms with van der Waals surface area (Å²) in [5, 5.41) is 9.49. The number of aromatic hydroxyl groups is 1. The highest BCUT2D eigenvalue weighted by Gasteiger charge is 2.15. The van der Waals surface area contributed by atoms with Crippen molar-refractivity contribution >= 4 is 5.91 Å². The van der Waals surface area contributed by atoms with Crippen LogP contribution in [0.2, 0.25) is 0 Å². The van der Waals surface area contributed by atoms with E-state index in [0.29, 0.717) is 6.54 Å². The molecule has 1 N–H and O–H groups in total. The van der Waals surface area contributed by atoms with Crippen molar-refractivity contribution in [2.45, 2.75) is 6.92 Å². The molecule has 1 amide bonds. The van der Waals surface area contributed by atoms with Crippen LogP contribution in [0.25, 0.3) is 0 Å². The van der Waals surface area contributed by atoms with Gasteiger partial charge < -0.3 is 10.0 Å². The van der Waals surface area contributed by atoms with Gasteiger partial charge in [0.1, 0.15) is 5.75 Å². The number of nitrogens with zero attached hydrogens (tertiary/aromatic N) is 1. The number of carbonyl (C=O) groups is 1. The van der Waals surface area contributed by atoms with Crippen molar-refractivity contribution in [2.24, 2.45) is 0 Å². The zero-order chi connectivity index (χ0) is 11.3. The molecule has 15 heavy (non-hydrogen) atoms. The summed E-state index contributed by atoms with van der Waals surface area (Å²) < 4.78 is 0. The van der Waals surface area contributed by atoms with Gasteiger partial charge >= 0.3 is 0 Å². The van der Waals surface area contributed by atoms with E-state index in [1.54, 1.807) is 18.2 Å². The molecule has 0 saturated carbocycles. The Labute approximate surface area is 89.3 Å². The first-order valence-electron chi connectivity index (χ1n) is 4.71. The second-order valence-corrected chi connectivity index (χ2v) is 3.04. The Hall–Kier alpha value is -1.95. The predicted molar refractivity (Wildman–Crippen MR) is 58.5 cm³/mol. The fraction of sp³-hybridized carbons (Fsp3) is 0.250. The highest BCUT2D eigenvalue weighted by Crippen LogP contribution is 2.17. The van der Waals surface area contributed by atoms with Gasteiger partial charge in [-0.3, -0.25) is 4.79 Å². The normalized spacial score (nSPS) is 9.33. The van der Waals surface area contributed by atoms with Crippen molar-refractivity contribution in [3.8, 4) is 18.1 Å². The number of hydrogen-bond donors (Lipinski definition) is 1. The van der Waals surface area contributed by atoms with Gasteiger partial charge in [-0.1, -0.05) is 18.1 Å². The lowest BCUT2D eigenvalue weighted by Gasteiger charge is -2.18. The molecule has 1 aromatic carbocycles. The second kappa shape index (κ2) is 5.06. The lowest BCUT2D eigenvalue weighted by Crippen LogP contribution is -2.31. The minimum atomic E-state index is -0.242. The predicted octanol–water partition coefficient (Wildman–Crippen LogP) is 1.49. The monoisotopic (exact) mass is 203 g/mol. The Morgan fingerprint density at radius 3 is 2.73 bits per heavy atom. The Morgan fingerprint density at radius 1 is 1.53 bits per heavy atom. The molecule has 78 valence electrons. The molecular weight excluding hydrogens is 190 g/mol. The van der Waals surface area contributed by atoms with E-state index in [9.17, 15) is 9.90 Å². The first kappa shape index (κ1) is 11.1. The minimum Gasteiger partial charge on any atom is -0.507 e. The highest BCUT2D eigenvalue weighted by atomic mass is 16.3. The van der Waals surface area contributed by atoms with Crippen molar-refractivity contribution in [1.82, 2.24) is 4.90 Å². The Morgan fingerprint density at radius 2 is 2.20 bits per heavy atom. The van der Waals surface area contributed by atoms with E-state index in [2.05, 4.69) is 5.92 Å². The third-order valence-electron chi connectivity index (χ3n) is 2.09. The maximum Gasteiger partial charge on any atom is 0.258 e. The van der Waals surface area contributed by atoms with Crippen LogP contribution in [0, 0.1) is 12.3 Å². The van der Waals surface area contributed by atoms with Crippen LogP contribution in [-0.4, -0.2) is 29.0 Å². The average molecular weight is 203 g/mol. The molecule has 0 bridgehead atoms. The molecular formula is C12H13NO2. The Balaban J connectivity index is 2.94. The van der Waals surface area contributed by atoms with Gasteiger partial charge in [-0.05, 0) is 19.1 Å². The van der Waals surface area contributed by atoms with Crippen molar-refractivity contribution in [3.63, 3.8) is 0 Å². The van der Waals surface area contributed by atoms with Crippen LogP contribution in [-0.2, 0) is 0 Å². The summed E-state index contributed by atoms with van der Waals surface area (Å²) in [5.74, 6) is 2.15. The zero-order valence-electron chi connectivity index (χ0n) is 8.60. The lowest BCUT2D eigenvalue weighted by atomic mass is 10.1. The number of phenols is 1. The molecule has 0 fully saturated rings. The number of amides is 1.